The Morgan fingerprint density at radius 2 is 1.74 bits per heavy atom. The van der Waals surface area contributed by atoms with Gasteiger partial charge < -0.3 is 9.15 Å². The van der Waals surface area contributed by atoms with Gasteiger partial charge in [-0.05, 0) is 67.6 Å². The third kappa shape index (κ3) is 5.00. The van der Waals surface area contributed by atoms with Crippen LogP contribution in [0.4, 0.5) is 10.8 Å². The van der Waals surface area contributed by atoms with E-state index >= 15 is 0 Å². The Kier molecular flexibility index (Phi) is 7.17. The SMILES string of the molecule is CCOc1cccc2sc(N(Cc3ccco3)C(=O)c3ccc(S(=O)(=O)N(C)c4ccccc4)cc3)nc12. The van der Waals surface area contributed by atoms with Crippen molar-refractivity contribution >= 4 is 48.3 Å². The zero-order valence-corrected chi connectivity index (χ0v) is 22.4. The summed E-state index contributed by atoms with van der Waals surface area (Å²) in [5.74, 6) is 0.903. The van der Waals surface area contributed by atoms with Gasteiger partial charge in [0.1, 0.15) is 17.0 Å². The van der Waals surface area contributed by atoms with E-state index in [0.29, 0.717) is 40.0 Å². The van der Waals surface area contributed by atoms with Gasteiger partial charge in [0.15, 0.2) is 5.13 Å². The van der Waals surface area contributed by atoms with Crippen LogP contribution in [-0.4, -0.2) is 33.0 Å². The molecule has 0 fully saturated rings. The minimum absolute atomic E-state index is 0.0827. The van der Waals surface area contributed by atoms with Crippen molar-refractivity contribution in [2.75, 3.05) is 22.9 Å². The molecule has 38 heavy (non-hydrogen) atoms. The van der Waals surface area contributed by atoms with E-state index in [2.05, 4.69) is 0 Å². The summed E-state index contributed by atoms with van der Waals surface area (Å²) in [7, 11) is -2.31. The highest BCUT2D eigenvalue weighted by molar-refractivity contribution is 7.92. The van der Waals surface area contributed by atoms with Crippen molar-refractivity contribution in [2.24, 2.45) is 0 Å². The number of amides is 1. The number of nitrogens with zero attached hydrogens (tertiary/aromatic N) is 3. The van der Waals surface area contributed by atoms with E-state index in [4.69, 9.17) is 14.1 Å². The van der Waals surface area contributed by atoms with Crippen LogP contribution in [0.15, 0.2) is 101 Å². The van der Waals surface area contributed by atoms with Crippen molar-refractivity contribution in [1.82, 2.24) is 4.98 Å². The molecule has 1 amide bonds. The fraction of sp³-hybridized carbons (Fsp3) is 0.143. The number of rotatable bonds is 9. The molecule has 0 saturated heterocycles. The van der Waals surface area contributed by atoms with Gasteiger partial charge >= 0.3 is 0 Å². The van der Waals surface area contributed by atoms with Crippen LogP contribution in [0.2, 0.25) is 0 Å². The van der Waals surface area contributed by atoms with Crippen molar-refractivity contribution < 1.29 is 22.4 Å². The largest absolute Gasteiger partial charge is 0.492 e. The van der Waals surface area contributed by atoms with Crippen molar-refractivity contribution in [2.45, 2.75) is 18.4 Å². The number of aromatic nitrogens is 1. The number of furan rings is 1. The summed E-state index contributed by atoms with van der Waals surface area (Å²) in [6, 6.07) is 23.9. The number of carbonyl (C=O) groups excluding carboxylic acids is 1. The second-order valence-electron chi connectivity index (χ2n) is 8.34. The summed E-state index contributed by atoms with van der Waals surface area (Å²) in [5.41, 5.74) is 1.54. The molecule has 0 spiro atoms. The summed E-state index contributed by atoms with van der Waals surface area (Å²) < 4.78 is 39.7. The van der Waals surface area contributed by atoms with Gasteiger partial charge in [-0.25, -0.2) is 13.4 Å². The van der Waals surface area contributed by atoms with Crippen LogP contribution >= 0.6 is 11.3 Å². The number of carbonyl (C=O) groups is 1. The summed E-state index contributed by atoms with van der Waals surface area (Å²) in [4.78, 5) is 20.1. The third-order valence-electron chi connectivity index (χ3n) is 5.92. The van der Waals surface area contributed by atoms with Crippen molar-refractivity contribution in [1.29, 1.82) is 0 Å². The quantitative estimate of drug-likeness (QED) is 0.226. The van der Waals surface area contributed by atoms with Gasteiger partial charge in [-0.3, -0.25) is 14.0 Å². The number of anilines is 2. The fourth-order valence-corrected chi connectivity index (χ4v) is 6.12. The van der Waals surface area contributed by atoms with E-state index in [9.17, 15) is 13.2 Å². The molecule has 0 atom stereocenters. The first-order valence-electron chi connectivity index (χ1n) is 11.9. The number of para-hydroxylation sites is 2. The molecule has 10 heteroatoms. The Morgan fingerprint density at radius 3 is 2.42 bits per heavy atom. The van der Waals surface area contributed by atoms with Crippen LogP contribution in [0.25, 0.3) is 10.2 Å². The number of hydrogen-bond donors (Lipinski definition) is 0. The smallest absolute Gasteiger partial charge is 0.264 e. The Balaban J connectivity index is 1.47. The van der Waals surface area contributed by atoms with Crippen LogP contribution in [0.1, 0.15) is 23.0 Å². The Labute approximate surface area is 224 Å². The molecule has 194 valence electrons. The van der Waals surface area contributed by atoms with Gasteiger partial charge in [0.05, 0.1) is 34.7 Å². The molecule has 0 N–H and O–H groups in total. The van der Waals surface area contributed by atoms with Crippen LogP contribution < -0.4 is 13.9 Å². The van der Waals surface area contributed by atoms with E-state index in [1.165, 1.54) is 51.9 Å². The first-order chi connectivity index (χ1) is 18.4. The minimum Gasteiger partial charge on any atom is -0.492 e. The molecule has 0 radical (unpaired) electrons. The lowest BCUT2D eigenvalue weighted by Gasteiger charge is -2.21. The Bertz CT molecular complexity index is 1650. The lowest BCUT2D eigenvalue weighted by molar-refractivity contribution is 0.0983. The van der Waals surface area contributed by atoms with Gasteiger partial charge in [0.25, 0.3) is 15.9 Å². The topological polar surface area (TPSA) is 92.9 Å². The second kappa shape index (κ2) is 10.7. The first kappa shape index (κ1) is 25.5. The number of sulfonamides is 1. The molecule has 0 aliphatic rings. The molecule has 0 bridgehead atoms. The predicted octanol–water partition coefficient (Wildman–Crippen LogP) is 5.96. The van der Waals surface area contributed by atoms with Gasteiger partial charge in [-0.2, -0.15) is 0 Å². The number of benzene rings is 3. The lowest BCUT2D eigenvalue weighted by Crippen LogP contribution is -2.30. The molecular formula is C28H25N3O5S2. The maximum atomic E-state index is 13.7. The van der Waals surface area contributed by atoms with Gasteiger partial charge in [-0.15, -0.1) is 0 Å². The lowest BCUT2D eigenvalue weighted by atomic mass is 10.2. The number of hydrogen-bond acceptors (Lipinski definition) is 7. The van der Waals surface area contributed by atoms with Crippen molar-refractivity contribution in [3.05, 3.63) is 103 Å². The van der Waals surface area contributed by atoms with E-state index < -0.39 is 10.0 Å². The van der Waals surface area contributed by atoms with Crippen LogP contribution in [0.3, 0.4) is 0 Å². The Hall–Kier alpha value is -4.15. The highest BCUT2D eigenvalue weighted by Gasteiger charge is 2.26. The molecule has 3 aromatic carbocycles. The van der Waals surface area contributed by atoms with Gasteiger partial charge in [0, 0.05) is 12.6 Å². The van der Waals surface area contributed by atoms with E-state index in [1.807, 2.05) is 31.2 Å². The highest BCUT2D eigenvalue weighted by atomic mass is 32.2. The molecular weight excluding hydrogens is 522 g/mol. The molecule has 0 saturated carbocycles. The molecule has 5 aromatic rings. The second-order valence-corrected chi connectivity index (χ2v) is 11.3. The summed E-state index contributed by atoms with van der Waals surface area (Å²) in [6.07, 6.45) is 1.55. The van der Waals surface area contributed by atoms with E-state index in [-0.39, 0.29) is 17.3 Å². The summed E-state index contributed by atoms with van der Waals surface area (Å²) >= 11 is 1.37. The normalized spacial score (nSPS) is 11.4. The fourth-order valence-electron chi connectivity index (χ4n) is 3.94. The predicted molar refractivity (Wildman–Crippen MR) is 148 cm³/mol. The first-order valence-corrected chi connectivity index (χ1v) is 14.1. The average molecular weight is 548 g/mol. The standard InChI is InChI=1S/C28H25N3O5S2/c1-3-35-24-12-7-13-25-26(24)29-28(37-25)31(19-22-11-8-18-36-22)27(32)20-14-16-23(17-15-20)38(33,34)30(2)21-9-5-4-6-10-21/h4-18H,3,19H2,1-2H3. The third-order valence-corrected chi connectivity index (χ3v) is 8.76. The van der Waals surface area contributed by atoms with E-state index in [0.717, 1.165) is 4.70 Å². The summed E-state index contributed by atoms with van der Waals surface area (Å²) in [6.45, 7) is 2.56. The highest BCUT2D eigenvalue weighted by Crippen LogP contribution is 2.35. The van der Waals surface area contributed by atoms with Crippen LogP contribution in [0.5, 0.6) is 5.75 Å². The molecule has 0 unspecified atom stereocenters. The van der Waals surface area contributed by atoms with Crippen LogP contribution in [0, 0.1) is 0 Å². The molecule has 2 aromatic heterocycles. The van der Waals surface area contributed by atoms with E-state index in [1.54, 1.807) is 42.7 Å². The minimum atomic E-state index is -3.81. The maximum Gasteiger partial charge on any atom is 0.264 e. The molecule has 5 rings (SSSR count). The zero-order valence-electron chi connectivity index (χ0n) is 20.8. The zero-order chi connectivity index (χ0) is 26.7. The number of thiazole rings is 1. The average Bonchev–Trinajstić information content (AvgIpc) is 3.62. The maximum absolute atomic E-state index is 13.7. The van der Waals surface area contributed by atoms with Crippen LogP contribution in [-0.2, 0) is 16.6 Å². The monoisotopic (exact) mass is 547 g/mol. The summed E-state index contributed by atoms with van der Waals surface area (Å²) in [5, 5.41) is 0.481. The molecule has 0 aliphatic heterocycles. The number of ether oxygens (including phenoxy) is 1. The van der Waals surface area contributed by atoms with Crippen molar-refractivity contribution in [3.8, 4) is 5.75 Å². The van der Waals surface area contributed by atoms with Crippen molar-refractivity contribution in [3.63, 3.8) is 0 Å². The molecule has 8 nitrogen and oxygen atoms in total. The molecule has 2 heterocycles. The van der Waals surface area contributed by atoms with Gasteiger partial charge in [-0.1, -0.05) is 35.6 Å². The molecule has 0 aliphatic carbocycles. The van der Waals surface area contributed by atoms with Gasteiger partial charge in [0.2, 0.25) is 0 Å². The Morgan fingerprint density at radius 1 is 0.974 bits per heavy atom. The number of fused-ring (bicyclic) bond motifs is 1.